The van der Waals surface area contributed by atoms with E-state index in [1.807, 2.05) is 0 Å². The van der Waals surface area contributed by atoms with Gasteiger partial charge in [0.15, 0.2) is 17.5 Å². The summed E-state index contributed by atoms with van der Waals surface area (Å²) in [4.78, 5) is 3.71. The highest BCUT2D eigenvalue weighted by molar-refractivity contribution is 5.38. The summed E-state index contributed by atoms with van der Waals surface area (Å²) in [6.45, 7) is 4.41. The maximum atomic E-state index is 13.6. The van der Waals surface area contributed by atoms with Crippen molar-refractivity contribution < 1.29 is 13.5 Å². The molecule has 0 amide bonds. The Labute approximate surface area is 111 Å². The number of hydrazine groups is 1. The number of hydrogen-bond acceptors (Lipinski definition) is 4. The Morgan fingerprint density at radius 2 is 1.95 bits per heavy atom. The first-order valence-corrected chi connectivity index (χ1v) is 6.40. The molecular weight excluding hydrogens is 252 g/mol. The number of nitrogen functional groups attached to an aromatic ring is 1. The van der Waals surface area contributed by atoms with Gasteiger partial charge >= 0.3 is 0 Å². The highest BCUT2D eigenvalue weighted by Crippen LogP contribution is 2.36. The van der Waals surface area contributed by atoms with Crippen molar-refractivity contribution in [2.24, 2.45) is 11.3 Å². The lowest BCUT2D eigenvalue weighted by molar-refractivity contribution is 0.0910. The second kappa shape index (κ2) is 5.28. The fourth-order valence-corrected chi connectivity index (χ4v) is 2.28. The summed E-state index contributed by atoms with van der Waals surface area (Å²) in [5, 5.41) is 0. The van der Waals surface area contributed by atoms with Gasteiger partial charge in [-0.05, 0) is 31.1 Å². The molecule has 3 N–H and O–H groups in total. The Morgan fingerprint density at radius 1 is 1.32 bits per heavy atom. The molecule has 2 rings (SSSR count). The summed E-state index contributed by atoms with van der Waals surface area (Å²) in [5.41, 5.74) is 2.38. The molecule has 1 aromatic rings. The minimum Gasteiger partial charge on any atom is -0.472 e. The van der Waals surface area contributed by atoms with Gasteiger partial charge in [0.2, 0.25) is 0 Å². The summed E-state index contributed by atoms with van der Waals surface area (Å²) in [6.07, 6.45) is 3.64. The van der Waals surface area contributed by atoms with Gasteiger partial charge in [0.1, 0.15) is 6.10 Å². The van der Waals surface area contributed by atoms with Gasteiger partial charge in [-0.25, -0.2) is 14.6 Å². The predicted molar refractivity (Wildman–Crippen MR) is 68.6 cm³/mol. The van der Waals surface area contributed by atoms with E-state index in [4.69, 9.17) is 10.6 Å². The third-order valence-corrected chi connectivity index (χ3v) is 3.60. The Balaban J connectivity index is 2.07. The lowest BCUT2D eigenvalue weighted by atomic mass is 9.76. The molecular formula is C13H19F2N3O. The van der Waals surface area contributed by atoms with Crippen LogP contribution in [0.4, 0.5) is 14.6 Å². The monoisotopic (exact) mass is 271 g/mol. The van der Waals surface area contributed by atoms with E-state index in [1.54, 1.807) is 0 Å². The molecule has 1 saturated carbocycles. The van der Waals surface area contributed by atoms with Crippen molar-refractivity contribution in [1.82, 2.24) is 4.98 Å². The summed E-state index contributed by atoms with van der Waals surface area (Å²) < 4.78 is 32.3. The largest absolute Gasteiger partial charge is 0.472 e. The molecule has 0 bridgehead atoms. The number of nitrogens with zero attached hydrogens (tertiary/aromatic N) is 1. The summed E-state index contributed by atoms with van der Waals surface area (Å²) in [7, 11) is 0. The lowest BCUT2D eigenvalue weighted by Crippen LogP contribution is -2.29. The Morgan fingerprint density at radius 3 is 2.53 bits per heavy atom. The third kappa shape index (κ3) is 3.32. The predicted octanol–water partition coefficient (Wildman–Crippen LogP) is 2.99. The summed E-state index contributed by atoms with van der Waals surface area (Å²) in [6, 6.07) is 0.726. The number of nitrogens with two attached hydrogens (primary N) is 1. The van der Waals surface area contributed by atoms with Crippen LogP contribution in [0.3, 0.4) is 0 Å². The molecule has 0 atom stereocenters. The highest BCUT2D eigenvalue weighted by atomic mass is 19.1. The Hall–Kier alpha value is -1.43. The van der Waals surface area contributed by atoms with Crippen LogP contribution in [0.15, 0.2) is 6.07 Å². The highest BCUT2D eigenvalue weighted by Gasteiger charge is 2.28. The summed E-state index contributed by atoms with van der Waals surface area (Å²) >= 11 is 0. The van der Waals surface area contributed by atoms with Crippen LogP contribution in [-0.4, -0.2) is 11.1 Å². The fourth-order valence-electron chi connectivity index (χ4n) is 2.28. The van der Waals surface area contributed by atoms with E-state index in [-0.39, 0.29) is 17.8 Å². The first-order chi connectivity index (χ1) is 8.91. The molecule has 106 valence electrons. The lowest BCUT2D eigenvalue weighted by Gasteiger charge is -2.34. The molecule has 4 nitrogen and oxygen atoms in total. The number of aromatic nitrogens is 1. The Bertz CT molecular complexity index is 455. The zero-order valence-electron chi connectivity index (χ0n) is 11.2. The van der Waals surface area contributed by atoms with E-state index in [9.17, 15) is 8.78 Å². The van der Waals surface area contributed by atoms with Gasteiger partial charge < -0.3 is 10.2 Å². The van der Waals surface area contributed by atoms with Crippen LogP contribution >= 0.6 is 0 Å². The molecule has 0 spiro atoms. The minimum absolute atomic E-state index is 0.0777. The standard InChI is InChI=1S/C13H19F2N3O/c1-13(2)5-3-8(4-6-13)19-12-10(15)7-9(14)11(17-12)18-16/h7-8H,3-6,16H2,1-2H3,(H,17,18). The molecule has 0 saturated heterocycles. The van der Waals surface area contributed by atoms with Gasteiger partial charge in [0.05, 0.1) is 0 Å². The molecule has 0 aromatic carbocycles. The first-order valence-electron chi connectivity index (χ1n) is 6.40. The smallest absolute Gasteiger partial charge is 0.252 e. The van der Waals surface area contributed by atoms with Crippen LogP contribution in [0.2, 0.25) is 0 Å². The van der Waals surface area contributed by atoms with Gasteiger partial charge in [-0.15, -0.1) is 0 Å². The fraction of sp³-hybridized carbons (Fsp3) is 0.615. The topological polar surface area (TPSA) is 60.2 Å². The van der Waals surface area contributed by atoms with E-state index in [2.05, 4.69) is 24.3 Å². The van der Waals surface area contributed by atoms with Gasteiger partial charge in [0.25, 0.3) is 5.88 Å². The number of anilines is 1. The molecule has 1 aliphatic carbocycles. The maximum absolute atomic E-state index is 13.6. The van der Waals surface area contributed by atoms with Gasteiger partial charge in [-0.1, -0.05) is 13.8 Å². The molecule has 1 fully saturated rings. The zero-order chi connectivity index (χ0) is 14.0. The van der Waals surface area contributed by atoms with E-state index < -0.39 is 11.6 Å². The summed E-state index contributed by atoms with van der Waals surface area (Å²) in [5.74, 6) is 3.06. The molecule has 0 aliphatic heterocycles. The second-order valence-electron chi connectivity index (χ2n) is 5.73. The van der Waals surface area contributed by atoms with Gasteiger partial charge in [-0.2, -0.15) is 4.98 Å². The molecule has 19 heavy (non-hydrogen) atoms. The third-order valence-electron chi connectivity index (χ3n) is 3.60. The number of rotatable bonds is 3. The van der Waals surface area contributed by atoms with E-state index in [0.717, 1.165) is 31.7 Å². The Kier molecular flexibility index (Phi) is 3.89. The molecule has 1 aromatic heterocycles. The van der Waals surface area contributed by atoms with Crippen molar-refractivity contribution in [2.75, 3.05) is 5.43 Å². The van der Waals surface area contributed by atoms with Crippen molar-refractivity contribution in [1.29, 1.82) is 0 Å². The van der Waals surface area contributed by atoms with E-state index in [1.165, 1.54) is 0 Å². The first kappa shape index (κ1) is 14.0. The average Bonchev–Trinajstić information content (AvgIpc) is 2.35. The quantitative estimate of drug-likeness (QED) is 0.655. The number of hydrogen-bond donors (Lipinski definition) is 2. The van der Waals surface area contributed by atoms with Crippen molar-refractivity contribution in [3.8, 4) is 5.88 Å². The second-order valence-corrected chi connectivity index (χ2v) is 5.73. The van der Waals surface area contributed by atoms with E-state index >= 15 is 0 Å². The average molecular weight is 271 g/mol. The molecule has 0 unspecified atom stereocenters. The number of halogens is 2. The number of ether oxygens (including phenoxy) is 1. The van der Waals surface area contributed by atoms with Crippen LogP contribution < -0.4 is 16.0 Å². The van der Waals surface area contributed by atoms with Crippen molar-refractivity contribution in [3.05, 3.63) is 17.7 Å². The van der Waals surface area contributed by atoms with E-state index in [0.29, 0.717) is 5.41 Å². The normalized spacial score (nSPS) is 19.2. The van der Waals surface area contributed by atoms with Crippen LogP contribution in [0.5, 0.6) is 5.88 Å². The van der Waals surface area contributed by atoms with Crippen LogP contribution in [-0.2, 0) is 0 Å². The maximum Gasteiger partial charge on any atom is 0.252 e. The number of pyridine rings is 1. The SMILES string of the molecule is CC1(C)CCC(Oc2nc(NN)c(F)cc2F)CC1. The molecule has 6 heteroatoms. The van der Waals surface area contributed by atoms with Crippen molar-refractivity contribution >= 4 is 5.82 Å². The van der Waals surface area contributed by atoms with Crippen LogP contribution in [0, 0.1) is 17.0 Å². The zero-order valence-corrected chi connectivity index (χ0v) is 11.2. The van der Waals surface area contributed by atoms with Gasteiger partial charge in [-0.3, -0.25) is 0 Å². The van der Waals surface area contributed by atoms with Crippen LogP contribution in [0.1, 0.15) is 39.5 Å². The van der Waals surface area contributed by atoms with Crippen LogP contribution in [0.25, 0.3) is 0 Å². The molecule has 1 aliphatic rings. The van der Waals surface area contributed by atoms with Gasteiger partial charge in [0, 0.05) is 6.07 Å². The number of nitrogens with one attached hydrogen (secondary N) is 1. The molecule has 0 radical (unpaired) electrons. The van der Waals surface area contributed by atoms with Crippen molar-refractivity contribution in [2.45, 2.75) is 45.6 Å². The van der Waals surface area contributed by atoms with Crippen molar-refractivity contribution in [3.63, 3.8) is 0 Å². The minimum atomic E-state index is -0.836. The molecule has 1 heterocycles.